The van der Waals surface area contributed by atoms with Crippen LogP contribution in [0.4, 0.5) is 0 Å². The number of hydrogen-bond acceptors (Lipinski definition) is 7. The monoisotopic (exact) mass is 627 g/mol. The lowest BCUT2D eigenvalue weighted by Gasteiger charge is -2.20. The number of aliphatic hydroxyl groups is 2. The molecule has 0 aliphatic heterocycles. The van der Waals surface area contributed by atoms with Gasteiger partial charge in [0, 0.05) is 0 Å². The topological polar surface area (TPSA) is 129 Å². The molecule has 0 amide bonds. The van der Waals surface area contributed by atoms with Gasteiger partial charge in [0.25, 0.3) is 0 Å². The fraction of sp³-hybridized carbons (Fsp3) is 1.00. The van der Waals surface area contributed by atoms with Gasteiger partial charge in [0.15, 0.2) is 0 Å². The van der Waals surface area contributed by atoms with Crippen molar-refractivity contribution in [3.63, 3.8) is 0 Å². The van der Waals surface area contributed by atoms with Crippen LogP contribution in [0.5, 0.6) is 0 Å². The second kappa shape index (κ2) is 35.4. The molecule has 9 nitrogen and oxygen atoms in total. The van der Waals surface area contributed by atoms with Crippen molar-refractivity contribution in [2.75, 3.05) is 39.6 Å². The molecule has 256 valence electrons. The number of hydroxylamine groups is 2. The Balaban J connectivity index is 0. The average Bonchev–Trinajstić information content (AvgIpc) is 2.97. The van der Waals surface area contributed by atoms with E-state index in [1.165, 1.54) is 108 Å². The maximum atomic E-state index is 10.8. The molecule has 0 spiro atoms. The Labute approximate surface area is 259 Å². The van der Waals surface area contributed by atoms with Gasteiger partial charge in [0.05, 0.1) is 39.6 Å². The quantitative estimate of drug-likeness (QED) is 0.0330. The van der Waals surface area contributed by atoms with Gasteiger partial charge in [-0.25, -0.2) is 4.57 Å². The van der Waals surface area contributed by atoms with Crippen molar-refractivity contribution in [3.05, 3.63) is 0 Å². The van der Waals surface area contributed by atoms with Crippen LogP contribution in [0.1, 0.15) is 162 Å². The summed E-state index contributed by atoms with van der Waals surface area (Å²) >= 11 is 0. The Bertz CT molecular complexity index is 545. The third-order valence-corrected chi connectivity index (χ3v) is 7.74. The first-order valence-corrected chi connectivity index (χ1v) is 18.8. The first-order valence-electron chi connectivity index (χ1n) is 17.3. The molecule has 0 aliphatic carbocycles. The molecule has 0 saturated carbocycles. The van der Waals surface area contributed by atoms with Crippen molar-refractivity contribution >= 4 is 7.82 Å². The van der Waals surface area contributed by atoms with Crippen molar-refractivity contribution in [2.24, 2.45) is 5.92 Å². The first-order chi connectivity index (χ1) is 20.3. The van der Waals surface area contributed by atoms with E-state index in [4.69, 9.17) is 34.2 Å². The summed E-state index contributed by atoms with van der Waals surface area (Å²) in [6.45, 7) is 7.91. The summed E-state index contributed by atoms with van der Waals surface area (Å²) in [6.07, 6.45) is 27.2. The molecule has 0 aromatic heterocycles. The normalized spacial score (nSPS) is 12.5. The van der Waals surface area contributed by atoms with Gasteiger partial charge in [-0.15, -0.1) is 0 Å². The van der Waals surface area contributed by atoms with E-state index in [0.717, 1.165) is 38.5 Å². The number of nitrogens with zero attached hydrogens (tertiary/aromatic N) is 1. The Kier molecular flexibility index (Phi) is 37.1. The molecule has 0 fully saturated rings. The molecule has 4 N–H and O–H groups in total. The highest BCUT2D eigenvalue weighted by Gasteiger charge is 2.18. The van der Waals surface area contributed by atoms with Gasteiger partial charge in [-0.05, 0) is 25.2 Å². The van der Waals surface area contributed by atoms with Crippen LogP contribution in [0.25, 0.3) is 0 Å². The highest BCUT2D eigenvalue weighted by molar-refractivity contribution is 7.46. The van der Waals surface area contributed by atoms with Crippen LogP contribution in [0.2, 0.25) is 0 Å². The molecule has 0 aliphatic rings. The summed E-state index contributed by atoms with van der Waals surface area (Å²) in [5, 5.41) is 18.8. The third kappa shape index (κ3) is 37.9. The number of hydrogen-bond donors (Lipinski definition) is 4. The molecule has 0 aromatic carbocycles. The van der Waals surface area contributed by atoms with E-state index in [2.05, 4.69) is 20.8 Å². The zero-order valence-corrected chi connectivity index (χ0v) is 28.6. The number of unbranched alkanes of at least 4 members (excludes halogenated alkanes) is 17. The number of aliphatic hydroxyl groups excluding tert-OH is 2. The van der Waals surface area contributed by atoms with Crippen molar-refractivity contribution in [1.29, 1.82) is 0 Å². The molecular formula is C32H70NO8P. The molecule has 0 heterocycles. The summed E-state index contributed by atoms with van der Waals surface area (Å²) in [4.78, 5) is 28.1. The molecule has 0 bridgehead atoms. The van der Waals surface area contributed by atoms with Crippen LogP contribution in [-0.4, -0.2) is 64.8 Å². The largest absolute Gasteiger partial charge is 0.469 e. The molecule has 42 heavy (non-hydrogen) atoms. The van der Waals surface area contributed by atoms with Crippen LogP contribution >= 0.6 is 7.82 Å². The van der Waals surface area contributed by atoms with Crippen molar-refractivity contribution < 1.29 is 38.8 Å². The van der Waals surface area contributed by atoms with Gasteiger partial charge >= 0.3 is 7.82 Å². The van der Waals surface area contributed by atoms with E-state index in [-0.39, 0.29) is 33.0 Å². The highest BCUT2D eigenvalue weighted by Crippen LogP contribution is 2.37. The van der Waals surface area contributed by atoms with Gasteiger partial charge in [-0.3, -0.25) is 14.2 Å². The lowest BCUT2D eigenvalue weighted by atomic mass is 9.95. The zero-order valence-electron chi connectivity index (χ0n) is 27.7. The lowest BCUT2D eigenvalue weighted by Crippen LogP contribution is -2.28. The smallest absolute Gasteiger partial charge is 0.394 e. The standard InChI is InChI=1S/C16H35NO4.C16H35O4P/c1-2-3-4-5-6-7-8-9-10-11-12-17(20-15-13-18)21-16-14-19;1-3-5-7-9-10-12-14-16(13-11-8-6-4-2)15-20-21(17,18)19/h18-19H,2-16H2,1H3;16H,3-15H2,1-2H3,(H2,17,18,19). The summed E-state index contributed by atoms with van der Waals surface area (Å²) < 4.78 is 15.5. The second-order valence-electron chi connectivity index (χ2n) is 11.4. The van der Waals surface area contributed by atoms with Crippen molar-refractivity contribution in [2.45, 2.75) is 162 Å². The molecule has 0 radical (unpaired) electrons. The van der Waals surface area contributed by atoms with Gasteiger partial charge in [0.2, 0.25) is 0 Å². The van der Waals surface area contributed by atoms with Crippen LogP contribution in [0.3, 0.4) is 0 Å². The molecule has 1 atom stereocenters. The number of phosphoric acid groups is 1. The molecule has 0 saturated heterocycles. The second-order valence-corrected chi connectivity index (χ2v) is 12.6. The maximum Gasteiger partial charge on any atom is 0.469 e. The Morgan fingerprint density at radius 2 is 0.929 bits per heavy atom. The molecular weight excluding hydrogens is 557 g/mol. The Hall–Kier alpha value is -0.0900. The predicted octanol–water partition coefficient (Wildman–Crippen LogP) is 8.49. The fourth-order valence-corrected chi connectivity index (χ4v) is 5.17. The van der Waals surface area contributed by atoms with Crippen molar-refractivity contribution in [3.8, 4) is 0 Å². The first kappa shape index (κ1) is 44.0. The third-order valence-electron chi connectivity index (χ3n) is 7.26. The Morgan fingerprint density at radius 1 is 0.571 bits per heavy atom. The van der Waals surface area contributed by atoms with Gasteiger partial charge in [-0.2, -0.15) is 0 Å². The van der Waals surface area contributed by atoms with E-state index in [9.17, 15) is 4.57 Å². The van der Waals surface area contributed by atoms with E-state index in [1.54, 1.807) is 0 Å². The van der Waals surface area contributed by atoms with E-state index < -0.39 is 7.82 Å². The van der Waals surface area contributed by atoms with Gasteiger partial charge < -0.3 is 20.0 Å². The van der Waals surface area contributed by atoms with Crippen molar-refractivity contribution in [1.82, 2.24) is 5.23 Å². The minimum Gasteiger partial charge on any atom is -0.394 e. The SMILES string of the molecule is CCCCCCCCC(CCCCCC)COP(=O)(O)O.CCCCCCCCCCCCN(OCCO)OCCO. The minimum absolute atomic E-state index is 0.0307. The Morgan fingerprint density at radius 3 is 1.31 bits per heavy atom. The average molecular weight is 628 g/mol. The van der Waals surface area contributed by atoms with Gasteiger partial charge in [0.1, 0.15) is 0 Å². The number of rotatable bonds is 32. The molecule has 0 rings (SSSR count). The molecule has 0 aromatic rings. The minimum atomic E-state index is -4.32. The summed E-state index contributed by atoms with van der Waals surface area (Å²) in [7, 11) is -4.32. The number of phosphoric ester groups is 1. The summed E-state index contributed by atoms with van der Waals surface area (Å²) in [6, 6.07) is 0. The lowest BCUT2D eigenvalue weighted by molar-refractivity contribution is -0.371. The van der Waals surface area contributed by atoms with Crippen LogP contribution in [0.15, 0.2) is 0 Å². The fourth-order valence-electron chi connectivity index (χ4n) is 4.77. The predicted molar refractivity (Wildman–Crippen MR) is 173 cm³/mol. The van der Waals surface area contributed by atoms with Crippen LogP contribution in [0, 0.1) is 5.92 Å². The van der Waals surface area contributed by atoms with E-state index in [0.29, 0.717) is 12.5 Å². The molecule has 10 heteroatoms. The van der Waals surface area contributed by atoms with Crippen LogP contribution in [-0.2, 0) is 18.8 Å². The maximum absolute atomic E-state index is 10.8. The summed E-state index contributed by atoms with van der Waals surface area (Å²) in [5.41, 5.74) is 0. The van der Waals surface area contributed by atoms with Crippen LogP contribution < -0.4 is 0 Å². The molecule has 1 unspecified atom stereocenters. The highest BCUT2D eigenvalue weighted by atomic mass is 31.2. The zero-order chi connectivity index (χ0) is 31.6. The summed E-state index contributed by atoms with van der Waals surface area (Å²) in [5.74, 6) is 0.292. The van der Waals surface area contributed by atoms with E-state index in [1.807, 2.05) is 0 Å². The van der Waals surface area contributed by atoms with Gasteiger partial charge in [-0.1, -0.05) is 148 Å². The van der Waals surface area contributed by atoms with E-state index >= 15 is 0 Å².